The number of nitrogens with zero attached hydrogens (tertiary/aromatic N) is 2. The number of pyridine rings is 1. The number of rotatable bonds is 7. The van der Waals surface area contributed by atoms with Crippen LogP contribution < -0.4 is 5.32 Å². The third-order valence-corrected chi connectivity index (χ3v) is 4.44. The van der Waals surface area contributed by atoms with E-state index < -0.39 is 17.9 Å². The van der Waals surface area contributed by atoms with Crippen molar-refractivity contribution in [3.8, 4) is 0 Å². The Morgan fingerprint density at radius 2 is 2.21 bits per heavy atom. The molecule has 0 unspecified atom stereocenters. The van der Waals surface area contributed by atoms with Crippen LogP contribution in [0.25, 0.3) is 0 Å². The molecule has 7 heteroatoms. The number of nitrogens with one attached hydrogen (secondary N) is 1. The van der Waals surface area contributed by atoms with Gasteiger partial charge in [-0.05, 0) is 18.1 Å². The van der Waals surface area contributed by atoms with Crippen molar-refractivity contribution in [2.45, 2.75) is 39.3 Å². The number of likely N-dealkylation sites (tertiary alicyclic amines) is 1. The number of hydrogen-bond acceptors (Lipinski definition) is 4. The fourth-order valence-corrected chi connectivity index (χ4v) is 2.74. The maximum Gasteiger partial charge on any atom is 0.326 e. The Kier molecular flexibility index (Phi) is 5.89. The van der Waals surface area contributed by atoms with E-state index in [0.717, 1.165) is 5.69 Å². The molecule has 1 aliphatic rings. The van der Waals surface area contributed by atoms with Crippen molar-refractivity contribution in [2.24, 2.45) is 11.8 Å². The average Bonchev–Trinajstić information content (AvgIpc) is 2.93. The summed E-state index contributed by atoms with van der Waals surface area (Å²) in [7, 11) is 0. The van der Waals surface area contributed by atoms with Crippen molar-refractivity contribution in [1.29, 1.82) is 0 Å². The second-order valence-corrected chi connectivity index (χ2v) is 6.21. The Bertz CT molecular complexity index is 605. The van der Waals surface area contributed by atoms with Crippen molar-refractivity contribution in [3.05, 3.63) is 30.1 Å². The molecular formula is C17H23N3O4. The Morgan fingerprint density at radius 1 is 1.46 bits per heavy atom. The van der Waals surface area contributed by atoms with E-state index in [1.54, 1.807) is 24.1 Å². The lowest BCUT2D eigenvalue weighted by Crippen LogP contribution is -2.47. The third kappa shape index (κ3) is 4.31. The Labute approximate surface area is 141 Å². The number of carbonyl (C=O) groups excluding carboxylic acids is 2. The number of carboxylic acid groups (broad SMARTS) is 1. The number of aliphatic carboxylic acids is 1. The lowest BCUT2D eigenvalue weighted by Gasteiger charge is -2.22. The predicted molar refractivity (Wildman–Crippen MR) is 86.8 cm³/mol. The van der Waals surface area contributed by atoms with Gasteiger partial charge >= 0.3 is 5.97 Å². The molecule has 1 fully saturated rings. The number of aromatic nitrogens is 1. The summed E-state index contributed by atoms with van der Waals surface area (Å²) in [6, 6.07) is 4.54. The fraction of sp³-hybridized carbons (Fsp3) is 0.529. The molecule has 0 bridgehead atoms. The van der Waals surface area contributed by atoms with E-state index in [9.17, 15) is 19.5 Å². The molecule has 2 heterocycles. The normalized spacial score (nSPS) is 19.8. The molecule has 2 rings (SSSR count). The van der Waals surface area contributed by atoms with Gasteiger partial charge in [0.2, 0.25) is 11.8 Å². The molecule has 24 heavy (non-hydrogen) atoms. The first-order valence-corrected chi connectivity index (χ1v) is 8.13. The fourth-order valence-electron chi connectivity index (χ4n) is 2.74. The monoisotopic (exact) mass is 333 g/mol. The van der Waals surface area contributed by atoms with Crippen LogP contribution in [-0.4, -0.2) is 45.4 Å². The quantitative estimate of drug-likeness (QED) is 0.777. The number of amides is 2. The summed E-state index contributed by atoms with van der Waals surface area (Å²) in [6.45, 7) is 4.30. The van der Waals surface area contributed by atoms with Gasteiger partial charge in [-0.1, -0.05) is 26.3 Å². The van der Waals surface area contributed by atoms with Crippen LogP contribution in [0.15, 0.2) is 24.4 Å². The van der Waals surface area contributed by atoms with Gasteiger partial charge in [-0.2, -0.15) is 0 Å². The Balaban J connectivity index is 1.96. The van der Waals surface area contributed by atoms with Gasteiger partial charge in [0.15, 0.2) is 0 Å². The maximum atomic E-state index is 12.4. The zero-order chi connectivity index (χ0) is 17.7. The molecular weight excluding hydrogens is 310 g/mol. The molecule has 130 valence electrons. The van der Waals surface area contributed by atoms with Crippen molar-refractivity contribution >= 4 is 17.8 Å². The van der Waals surface area contributed by atoms with Gasteiger partial charge in [0.25, 0.3) is 0 Å². The highest BCUT2D eigenvalue weighted by molar-refractivity contribution is 5.91. The van der Waals surface area contributed by atoms with Crippen molar-refractivity contribution in [2.75, 3.05) is 6.54 Å². The SMILES string of the molecule is CC[C@H](C)[C@H](NC(=O)[C@H]1CC(=O)N(Cc2ccccn2)C1)C(=O)O. The Morgan fingerprint density at radius 3 is 2.79 bits per heavy atom. The van der Waals surface area contributed by atoms with Crippen molar-refractivity contribution in [3.63, 3.8) is 0 Å². The first-order valence-electron chi connectivity index (χ1n) is 8.13. The number of carboxylic acids is 1. The largest absolute Gasteiger partial charge is 0.480 e. The Hall–Kier alpha value is -2.44. The standard InChI is InChI=1S/C17H23N3O4/c1-3-11(2)15(17(23)24)19-16(22)12-8-14(21)20(9-12)10-13-6-4-5-7-18-13/h4-7,11-12,15H,3,8-10H2,1-2H3,(H,19,22)(H,23,24)/t11-,12-,15-/m0/s1. The van der Waals surface area contributed by atoms with Crippen LogP contribution >= 0.6 is 0 Å². The van der Waals surface area contributed by atoms with E-state index in [4.69, 9.17) is 0 Å². The minimum Gasteiger partial charge on any atom is -0.480 e. The molecule has 7 nitrogen and oxygen atoms in total. The molecule has 0 aliphatic carbocycles. The minimum atomic E-state index is -1.05. The van der Waals surface area contributed by atoms with Crippen LogP contribution in [0.1, 0.15) is 32.4 Å². The first-order chi connectivity index (χ1) is 11.4. The van der Waals surface area contributed by atoms with Crippen LogP contribution in [0.4, 0.5) is 0 Å². The van der Waals surface area contributed by atoms with Gasteiger partial charge in [0.05, 0.1) is 18.2 Å². The van der Waals surface area contributed by atoms with Gasteiger partial charge in [-0.25, -0.2) is 4.79 Å². The summed E-state index contributed by atoms with van der Waals surface area (Å²) >= 11 is 0. The van der Waals surface area contributed by atoms with E-state index >= 15 is 0 Å². The molecule has 0 radical (unpaired) electrons. The topological polar surface area (TPSA) is 99.6 Å². The number of carbonyl (C=O) groups is 3. The van der Waals surface area contributed by atoms with Crippen LogP contribution in [-0.2, 0) is 20.9 Å². The molecule has 0 saturated carbocycles. The lowest BCUT2D eigenvalue weighted by atomic mass is 9.98. The summed E-state index contributed by atoms with van der Waals surface area (Å²) in [5.41, 5.74) is 0.759. The van der Waals surface area contributed by atoms with Crippen LogP contribution in [0, 0.1) is 11.8 Å². The van der Waals surface area contributed by atoms with Gasteiger partial charge in [0, 0.05) is 19.2 Å². The smallest absolute Gasteiger partial charge is 0.326 e. The molecule has 1 aromatic heterocycles. The molecule has 0 spiro atoms. The molecule has 2 N–H and O–H groups in total. The second-order valence-electron chi connectivity index (χ2n) is 6.21. The van der Waals surface area contributed by atoms with E-state index in [2.05, 4.69) is 10.3 Å². The highest BCUT2D eigenvalue weighted by Crippen LogP contribution is 2.20. The summed E-state index contributed by atoms with van der Waals surface area (Å²) in [4.78, 5) is 41.5. The molecule has 2 amide bonds. The first kappa shape index (κ1) is 17.9. The molecule has 0 aromatic carbocycles. The van der Waals surface area contributed by atoms with Crippen LogP contribution in [0.3, 0.4) is 0 Å². The van der Waals surface area contributed by atoms with Gasteiger partial charge in [0.1, 0.15) is 6.04 Å². The van der Waals surface area contributed by atoms with Gasteiger partial charge in [-0.3, -0.25) is 14.6 Å². The van der Waals surface area contributed by atoms with E-state index in [-0.39, 0.29) is 30.7 Å². The van der Waals surface area contributed by atoms with Gasteiger partial charge in [-0.15, -0.1) is 0 Å². The highest BCUT2D eigenvalue weighted by atomic mass is 16.4. The molecule has 1 saturated heterocycles. The molecule has 1 aliphatic heterocycles. The van der Waals surface area contributed by atoms with E-state index in [0.29, 0.717) is 13.0 Å². The zero-order valence-electron chi connectivity index (χ0n) is 13.9. The summed E-state index contributed by atoms with van der Waals surface area (Å²) < 4.78 is 0. The zero-order valence-corrected chi connectivity index (χ0v) is 13.9. The lowest BCUT2D eigenvalue weighted by molar-refractivity contribution is -0.143. The van der Waals surface area contributed by atoms with Crippen LogP contribution in [0.5, 0.6) is 0 Å². The molecule has 1 aromatic rings. The minimum absolute atomic E-state index is 0.103. The average molecular weight is 333 g/mol. The summed E-state index contributed by atoms with van der Waals surface area (Å²) in [5, 5.41) is 11.8. The van der Waals surface area contributed by atoms with E-state index in [1.807, 2.05) is 19.1 Å². The number of hydrogen-bond donors (Lipinski definition) is 2. The van der Waals surface area contributed by atoms with Crippen molar-refractivity contribution in [1.82, 2.24) is 15.2 Å². The van der Waals surface area contributed by atoms with Gasteiger partial charge < -0.3 is 15.3 Å². The summed E-state index contributed by atoms with van der Waals surface area (Å²) in [5.74, 6) is -2.23. The second kappa shape index (κ2) is 7.90. The predicted octanol–water partition coefficient (Wildman–Crippen LogP) is 1.05. The maximum absolute atomic E-state index is 12.4. The third-order valence-electron chi connectivity index (χ3n) is 4.44. The highest BCUT2D eigenvalue weighted by Gasteiger charge is 2.36. The van der Waals surface area contributed by atoms with Crippen LogP contribution in [0.2, 0.25) is 0 Å². The van der Waals surface area contributed by atoms with Crippen molar-refractivity contribution < 1.29 is 19.5 Å². The molecule has 3 atom stereocenters. The summed E-state index contributed by atoms with van der Waals surface area (Å²) in [6.07, 6.45) is 2.40. The van der Waals surface area contributed by atoms with E-state index in [1.165, 1.54) is 0 Å².